The van der Waals surface area contributed by atoms with Crippen molar-refractivity contribution in [3.05, 3.63) is 66.7 Å². The molecule has 0 saturated carbocycles. The third-order valence-electron chi connectivity index (χ3n) is 6.05. The van der Waals surface area contributed by atoms with E-state index in [2.05, 4.69) is 29.0 Å². The molecule has 0 bridgehead atoms. The van der Waals surface area contributed by atoms with Gasteiger partial charge in [0, 0.05) is 37.1 Å². The minimum absolute atomic E-state index is 0.0209. The highest BCUT2D eigenvalue weighted by Crippen LogP contribution is 2.24. The standard InChI is InChI=1S/C26H28N6O4S/c1-17-14-31(15-18(2)36-17)25-6-4-5-22(30-25)23-8-7-19-13-27-21(11-24(19)29-23)12-26(33)28-20-9-10-32(16-20)37(3,34)35/h4-11,13,16-18H,12,14-15H2,1-3H3,(H,28,33)/t17-,18+. The smallest absolute Gasteiger partial charge is 0.235 e. The number of ether oxygens (including phenoxy) is 1. The number of carbonyl (C=O) groups excluding carboxylic acids is 1. The zero-order chi connectivity index (χ0) is 26.2. The van der Waals surface area contributed by atoms with E-state index in [0.717, 1.165) is 45.9 Å². The maximum Gasteiger partial charge on any atom is 0.235 e. The van der Waals surface area contributed by atoms with Crippen molar-refractivity contribution in [3.63, 3.8) is 0 Å². The van der Waals surface area contributed by atoms with Crippen molar-refractivity contribution in [3.8, 4) is 11.4 Å². The lowest BCUT2D eigenvalue weighted by atomic mass is 10.1. The lowest BCUT2D eigenvalue weighted by molar-refractivity contribution is -0.115. The number of hydrogen-bond donors (Lipinski definition) is 1. The first-order valence-corrected chi connectivity index (χ1v) is 13.8. The van der Waals surface area contributed by atoms with E-state index in [4.69, 9.17) is 14.7 Å². The van der Waals surface area contributed by atoms with E-state index in [1.807, 2.05) is 30.3 Å². The molecule has 5 heterocycles. The third-order valence-corrected chi connectivity index (χ3v) is 7.04. The maximum absolute atomic E-state index is 12.5. The van der Waals surface area contributed by atoms with E-state index >= 15 is 0 Å². The first-order chi connectivity index (χ1) is 17.6. The Bertz CT molecular complexity index is 1560. The molecule has 1 amide bonds. The molecule has 0 aliphatic carbocycles. The van der Waals surface area contributed by atoms with Crippen molar-refractivity contribution in [2.45, 2.75) is 32.5 Å². The Hall–Kier alpha value is -3.83. The van der Waals surface area contributed by atoms with Crippen LogP contribution in [0.25, 0.3) is 22.3 Å². The van der Waals surface area contributed by atoms with Gasteiger partial charge in [-0.25, -0.2) is 18.4 Å². The molecular formula is C26H28N6O4S. The summed E-state index contributed by atoms with van der Waals surface area (Å²) in [6.07, 6.45) is 5.81. The second-order valence-electron chi connectivity index (χ2n) is 9.33. The van der Waals surface area contributed by atoms with E-state index in [9.17, 15) is 13.2 Å². The van der Waals surface area contributed by atoms with Gasteiger partial charge < -0.3 is 15.0 Å². The van der Waals surface area contributed by atoms with E-state index in [1.54, 1.807) is 12.3 Å². The monoisotopic (exact) mass is 520 g/mol. The molecule has 0 radical (unpaired) electrons. The molecule has 1 aliphatic heterocycles. The summed E-state index contributed by atoms with van der Waals surface area (Å²) in [5.74, 6) is 0.579. The summed E-state index contributed by atoms with van der Waals surface area (Å²) in [7, 11) is -3.41. The van der Waals surface area contributed by atoms with E-state index in [0.29, 0.717) is 16.9 Å². The molecule has 192 valence electrons. The number of nitrogens with one attached hydrogen (secondary N) is 1. The van der Waals surface area contributed by atoms with Crippen LogP contribution in [0.5, 0.6) is 0 Å². The van der Waals surface area contributed by atoms with Crippen molar-refractivity contribution in [1.29, 1.82) is 0 Å². The van der Waals surface area contributed by atoms with Crippen molar-refractivity contribution in [2.75, 3.05) is 29.6 Å². The minimum Gasteiger partial charge on any atom is -0.372 e. The molecule has 37 heavy (non-hydrogen) atoms. The van der Waals surface area contributed by atoms with Crippen LogP contribution in [0.1, 0.15) is 19.5 Å². The number of amides is 1. The van der Waals surface area contributed by atoms with Gasteiger partial charge in [-0.05, 0) is 50.2 Å². The summed E-state index contributed by atoms with van der Waals surface area (Å²) in [5.41, 5.74) is 3.14. The molecule has 1 N–H and O–H groups in total. The van der Waals surface area contributed by atoms with Crippen LogP contribution in [0.15, 0.2) is 61.1 Å². The molecule has 2 atom stereocenters. The van der Waals surface area contributed by atoms with Crippen LogP contribution in [0.3, 0.4) is 0 Å². The summed E-state index contributed by atoms with van der Waals surface area (Å²) in [4.78, 5) is 28.8. The van der Waals surface area contributed by atoms with E-state index in [-0.39, 0.29) is 24.5 Å². The number of anilines is 2. The van der Waals surface area contributed by atoms with Gasteiger partial charge in [-0.3, -0.25) is 13.8 Å². The SMILES string of the molecule is C[C@@H]1CN(c2cccc(-c3ccc4cnc(CC(=O)Nc5ccn(S(C)(=O)=O)c5)cc4n3)n2)C[C@H](C)O1. The van der Waals surface area contributed by atoms with E-state index < -0.39 is 10.0 Å². The normalized spacial score (nSPS) is 18.2. The van der Waals surface area contributed by atoms with Gasteiger partial charge in [0.2, 0.25) is 15.9 Å². The van der Waals surface area contributed by atoms with Crippen molar-refractivity contribution in [2.24, 2.45) is 0 Å². The molecule has 1 saturated heterocycles. The lowest BCUT2D eigenvalue weighted by Gasteiger charge is -2.36. The summed E-state index contributed by atoms with van der Waals surface area (Å²) in [6.45, 7) is 5.69. The highest BCUT2D eigenvalue weighted by atomic mass is 32.2. The van der Waals surface area contributed by atoms with Gasteiger partial charge in [0.25, 0.3) is 0 Å². The quantitative estimate of drug-likeness (QED) is 0.412. The van der Waals surface area contributed by atoms with Crippen molar-refractivity contribution < 1.29 is 17.9 Å². The predicted octanol–water partition coefficient (Wildman–Crippen LogP) is 3.10. The Morgan fingerprint density at radius 2 is 1.84 bits per heavy atom. The highest BCUT2D eigenvalue weighted by Gasteiger charge is 2.23. The lowest BCUT2D eigenvalue weighted by Crippen LogP contribution is -2.45. The molecular weight excluding hydrogens is 492 g/mol. The van der Waals surface area contributed by atoms with Crippen LogP contribution in [0.2, 0.25) is 0 Å². The van der Waals surface area contributed by atoms with Gasteiger partial charge in [-0.2, -0.15) is 0 Å². The summed E-state index contributed by atoms with van der Waals surface area (Å²) in [5, 5.41) is 3.56. The fourth-order valence-electron chi connectivity index (χ4n) is 4.43. The van der Waals surface area contributed by atoms with Crippen LogP contribution < -0.4 is 10.2 Å². The molecule has 0 aromatic carbocycles. The van der Waals surface area contributed by atoms with Crippen LogP contribution in [0.4, 0.5) is 11.5 Å². The average molecular weight is 521 g/mol. The summed E-state index contributed by atoms with van der Waals surface area (Å²) in [6, 6.07) is 13.1. The first kappa shape index (κ1) is 24.8. The van der Waals surface area contributed by atoms with Gasteiger partial charge in [-0.1, -0.05) is 6.07 Å². The Balaban J connectivity index is 1.34. The number of pyridine rings is 3. The van der Waals surface area contributed by atoms with Crippen LogP contribution in [-0.2, 0) is 26.0 Å². The van der Waals surface area contributed by atoms with Crippen LogP contribution in [-0.4, -0.2) is 64.8 Å². The minimum atomic E-state index is -3.41. The number of fused-ring (bicyclic) bond motifs is 1. The fraction of sp³-hybridized carbons (Fsp3) is 0.308. The molecule has 10 nitrogen and oxygen atoms in total. The van der Waals surface area contributed by atoms with Crippen molar-refractivity contribution >= 4 is 38.3 Å². The zero-order valence-electron chi connectivity index (χ0n) is 20.8. The van der Waals surface area contributed by atoms with Gasteiger partial charge in [0.15, 0.2) is 0 Å². The molecule has 1 aliphatic rings. The largest absolute Gasteiger partial charge is 0.372 e. The summed E-state index contributed by atoms with van der Waals surface area (Å²) >= 11 is 0. The maximum atomic E-state index is 12.5. The topological polar surface area (TPSA) is 119 Å². The molecule has 0 unspecified atom stereocenters. The fourth-order valence-corrected chi connectivity index (χ4v) is 5.02. The first-order valence-electron chi connectivity index (χ1n) is 12.0. The molecule has 0 spiro atoms. The number of hydrogen-bond acceptors (Lipinski definition) is 8. The molecule has 4 aromatic rings. The second-order valence-corrected chi connectivity index (χ2v) is 11.2. The molecule has 11 heteroatoms. The Morgan fingerprint density at radius 1 is 1.08 bits per heavy atom. The molecule has 1 fully saturated rings. The van der Waals surface area contributed by atoms with Crippen LogP contribution >= 0.6 is 0 Å². The Morgan fingerprint density at radius 3 is 2.57 bits per heavy atom. The molecule has 4 aromatic heterocycles. The zero-order valence-corrected chi connectivity index (χ0v) is 21.6. The number of morpholine rings is 1. The van der Waals surface area contributed by atoms with E-state index in [1.165, 1.54) is 18.5 Å². The Kier molecular flexibility index (Phi) is 6.65. The van der Waals surface area contributed by atoms with Gasteiger partial charge in [-0.15, -0.1) is 0 Å². The molecule has 5 rings (SSSR count). The van der Waals surface area contributed by atoms with Gasteiger partial charge >= 0.3 is 0 Å². The van der Waals surface area contributed by atoms with Crippen molar-refractivity contribution in [1.82, 2.24) is 18.9 Å². The van der Waals surface area contributed by atoms with Crippen LogP contribution in [0, 0.1) is 0 Å². The van der Waals surface area contributed by atoms with Gasteiger partial charge in [0.1, 0.15) is 5.82 Å². The number of nitrogens with zero attached hydrogens (tertiary/aromatic N) is 5. The Labute approximate surface area is 215 Å². The average Bonchev–Trinajstić information content (AvgIpc) is 3.32. The number of carbonyl (C=O) groups is 1. The predicted molar refractivity (Wildman–Crippen MR) is 142 cm³/mol. The van der Waals surface area contributed by atoms with Gasteiger partial charge in [0.05, 0.1) is 53.2 Å². The highest BCUT2D eigenvalue weighted by molar-refractivity contribution is 7.89. The third kappa shape index (κ3) is 5.78. The summed E-state index contributed by atoms with van der Waals surface area (Å²) < 4.78 is 30.1. The number of aromatic nitrogens is 4. The number of rotatable bonds is 6. The second kappa shape index (κ2) is 9.91.